The van der Waals surface area contributed by atoms with Gasteiger partial charge in [0.2, 0.25) is 0 Å². The van der Waals surface area contributed by atoms with E-state index in [1.807, 2.05) is 12.1 Å². The Hall–Kier alpha value is -3.94. The molecule has 7 nitrogen and oxygen atoms in total. The van der Waals surface area contributed by atoms with E-state index in [9.17, 15) is 14.0 Å². The van der Waals surface area contributed by atoms with Gasteiger partial charge < -0.3 is 14.6 Å². The fourth-order valence-electron chi connectivity index (χ4n) is 3.45. The molecule has 0 unspecified atom stereocenters. The SMILES string of the molecule is O=C(Nc1ccc2oc(C(=O)N3CC(F)C3)cc2c1)c1ccccc1-n1cccn1. The van der Waals surface area contributed by atoms with Crippen molar-refractivity contribution in [3.05, 3.63) is 78.3 Å². The first-order valence-electron chi connectivity index (χ1n) is 9.46. The Bertz CT molecular complexity index is 1240. The monoisotopic (exact) mass is 404 g/mol. The van der Waals surface area contributed by atoms with Crippen molar-refractivity contribution >= 4 is 28.5 Å². The molecule has 1 fully saturated rings. The number of carbonyl (C=O) groups is 2. The van der Waals surface area contributed by atoms with Crippen LogP contribution < -0.4 is 5.32 Å². The minimum Gasteiger partial charge on any atom is -0.451 e. The molecule has 5 rings (SSSR count). The van der Waals surface area contributed by atoms with Crippen molar-refractivity contribution in [1.82, 2.24) is 14.7 Å². The number of aromatic nitrogens is 2. The molecule has 2 amide bonds. The Balaban J connectivity index is 1.38. The molecular formula is C22H17FN4O3. The van der Waals surface area contributed by atoms with Crippen LogP contribution in [0.2, 0.25) is 0 Å². The number of nitrogens with one attached hydrogen (secondary N) is 1. The number of benzene rings is 2. The first kappa shape index (κ1) is 18.1. The zero-order valence-electron chi connectivity index (χ0n) is 15.8. The molecule has 4 aromatic rings. The lowest BCUT2D eigenvalue weighted by Crippen LogP contribution is -2.51. The number of carbonyl (C=O) groups excluding carboxylic acids is 2. The fraction of sp³-hybridized carbons (Fsp3) is 0.136. The van der Waals surface area contributed by atoms with Gasteiger partial charge in [-0.25, -0.2) is 9.07 Å². The molecule has 2 aromatic carbocycles. The Morgan fingerprint density at radius 1 is 1.10 bits per heavy atom. The van der Waals surface area contributed by atoms with E-state index in [1.54, 1.807) is 59.5 Å². The van der Waals surface area contributed by atoms with Crippen molar-refractivity contribution in [3.63, 3.8) is 0 Å². The summed E-state index contributed by atoms with van der Waals surface area (Å²) in [6, 6.07) is 15.7. The predicted molar refractivity (Wildman–Crippen MR) is 109 cm³/mol. The van der Waals surface area contributed by atoms with Gasteiger partial charge in [-0.05, 0) is 42.5 Å². The summed E-state index contributed by atoms with van der Waals surface area (Å²) in [6.07, 6.45) is 2.45. The minimum atomic E-state index is -0.968. The lowest BCUT2D eigenvalue weighted by atomic mass is 10.1. The van der Waals surface area contributed by atoms with E-state index in [1.165, 1.54) is 4.90 Å². The Morgan fingerprint density at radius 3 is 2.70 bits per heavy atom. The maximum atomic E-state index is 13.0. The van der Waals surface area contributed by atoms with Crippen LogP contribution in [-0.2, 0) is 0 Å². The van der Waals surface area contributed by atoms with E-state index in [-0.39, 0.29) is 30.7 Å². The molecule has 0 atom stereocenters. The number of anilines is 1. The molecular weight excluding hydrogens is 387 g/mol. The van der Waals surface area contributed by atoms with Gasteiger partial charge in [0.1, 0.15) is 11.8 Å². The summed E-state index contributed by atoms with van der Waals surface area (Å²) in [5.41, 5.74) is 2.22. The van der Waals surface area contributed by atoms with E-state index < -0.39 is 6.17 Å². The molecule has 1 aliphatic heterocycles. The molecule has 0 saturated carbocycles. The second-order valence-electron chi connectivity index (χ2n) is 7.09. The lowest BCUT2D eigenvalue weighted by molar-refractivity contribution is 0.0373. The van der Waals surface area contributed by atoms with E-state index in [2.05, 4.69) is 10.4 Å². The van der Waals surface area contributed by atoms with Gasteiger partial charge in [-0.1, -0.05) is 12.1 Å². The quantitative estimate of drug-likeness (QED) is 0.563. The highest BCUT2D eigenvalue weighted by Crippen LogP contribution is 2.26. The molecule has 1 saturated heterocycles. The minimum absolute atomic E-state index is 0.0901. The van der Waals surface area contributed by atoms with Crippen molar-refractivity contribution in [1.29, 1.82) is 0 Å². The number of para-hydroxylation sites is 1. The van der Waals surface area contributed by atoms with Crippen molar-refractivity contribution in [3.8, 4) is 5.69 Å². The van der Waals surface area contributed by atoms with Gasteiger partial charge in [0.05, 0.1) is 24.3 Å². The molecule has 0 radical (unpaired) electrons. The summed E-state index contributed by atoms with van der Waals surface area (Å²) >= 11 is 0. The highest BCUT2D eigenvalue weighted by molar-refractivity contribution is 6.07. The van der Waals surface area contributed by atoms with Gasteiger partial charge in [0.15, 0.2) is 5.76 Å². The number of nitrogens with zero attached hydrogens (tertiary/aromatic N) is 3. The second-order valence-corrected chi connectivity index (χ2v) is 7.09. The first-order valence-corrected chi connectivity index (χ1v) is 9.46. The van der Waals surface area contributed by atoms with E-state index in [0.717, 1.165) is 0 Å². The summed E-state index contributed by atoms with van der Waals surface area (Å²) in [4.78, 5) is 26.6. The van der Waals surface area contributed by atoms with Gasteiger partial charge >= 0.3 is 0 Å². The zero-order chi connectivity index (χ0) is 20.7. The van der Waals surface area contributed by atoms with Crippen molar-refractivity contribution < 1.29 is 18.4 Å². The van der Waals surface area contributed by atoms with Crippen LogP contribution in [0.5, 0.6) is 0 Å². The van der Waals surface area contributed by atoms with Crippen molar-refractivity contribution in [2.24, 2.45) is 0 Å². The van der Waals surface area contributed by atoms with Gasteiger partial charge in [-0.2, -0.15) is 5.10 Å². The van der Waals surface area contributed by atoms with Crippen LogP contribution in [0.4, 0.5) is 10.1 Å². The van der Waals surface area contributed by atoms with Crippen LogP contribution in [0, 0.1) is 0 Å². The van der Waals surface area contributed by atoms with Gasteiger partial charge in [0, 0.05) is 23.5 Å². The number of hydrogen-bond donors (Lipinski definition) is 1. The molecule has 150 valence electrons. The maximum absolute atomic E-state index is 13.0. The molecule has 1 N–H and O–H groups in total. The van der Waals surface area contributed by atoms with Crippen LogP contribution in [0.15, 0.2) is 71.4 Å². The number of furan rings is 1. The van der Waals surface area contributed by atoms with Crippen LogP contribution in [0.3, 0.4) is 0 Å². The van der Waals surface area contributed by atoms with Crippen LogP contribution in [-0.4, -0.2) is 45.8 Å². The Morgan fingerprint density at radius 2 is 1.93 bits per heavy atom. The number of amides is 2. The maximum Gasteiger partial charge on any atom is 0.289 e. The average Bonchev–Trinajstić information content (AvgIpc) is 3.40. The van der Waals surface area contributed by atoms with Crippen LogP contribution in [0.25, 0.3) is 16.7 Å². The number of fused-ring (bicyclic) bond motifs is 1. The average molecular weight is 404 g/mol. The van der Waals surface area contributed by atoms with E-state index >= 15 is 0 Å². The highest BCUT2D eigenvalue weighted by Gasteiger charge is 2.32. The Labute approximate surface area is 170 Å². The summed E-state index contributed by atoms with van der Waals surface area (Å²) in [5, 5.41) is 7.74. The number of halogens is 1. The number of alkyl halides is 1. The zero-order valence-corrected chi connectivity index (χ0v) is 15.8. The molecule has 0 bridgehead atoms. The number of likely N-dealkylation sites (tertiary alicyclic amines) is 1. The molecule has 8 heteroatoms. The smallest absolute Gasteiger partial charge is 0.289 e. The summed E-state index contributed by atoms with van der Waals surface area (Å²) in [5.74, 6) is -0.460. The second kappa shape index (κ2) is 7.14. The number of hydrogen-bond acceptors (Lipinski definition) is 4. The molecule has 30 heavy (non-hydrogen) atoms. The third-order valence-electron chi connectivity index (χ3n) is 5.01. The summed E-state index contributed by atoms with van der Waals surface area (Å²) < 4.78 is 20.2. The van der Waals surface area contributed by atoms with E-state index in [0.29, 0.717) is 27.9 Å². The van der Waals surface area contributed by atoms with Gasteiger partial charge in [-0.3, -0.25) is 9.59 Å². The standard InChI is InChI=1S/C22H17FN4O3/c23-15-12-26(13-15)22(29)20-11-14-10-16(6-7-19(14)30-20)25-21(28)17-4-1-2-5-18(17)27-9-3-8-24-27/h1-11,15H,12-13H2,(H,25,28). The molecule has 2 aromatic heterocycles. The molecule has 1 aliphatic rings. The Kier molecular flexibility index (Phi) is 4.31. The van der Waals surface area contributed by atoms with Gasteiger partial charge in [0.25, 0.3) is 11.8 Å². The summed E-state index contributed by atoms with van der Waals surface area (Å²) in [6.45, 7) is 0.180. The van der Waals surface area contributed by atoms with Crippen molar-refractivity contribution in [2.45, 2.75) is 6.17 Å². The van der Waals surface area contributed by atoms with Crippen LogP contribution >= 0.6 is 0 Å². The predicted octanol–water partition coefficient (Wildman–Crippen LogP) is 3.66. The van der Waals surface area contributed by atoms with Gasteiger partial charge in [-0.15, -0.1) is 0 Å². The normalized spacial score (nSPS) is 14.0. The van der Waals surface area contributed by atoms with Crippen molar-refractivity contribution in [2.75, 3.05) is 18.4 Å². The third-order valence-corrected chi connectivity index (χ3v) is 5.01. The largest absolute Gasteiger partial charge is 0.451 e. The molecule has 0 aliphatic carbocycles. The topological polar surface area (TPSA) is 80.4 Å². The first-order chi connectivity index (χ1) is 14.6. The third kappa shape index (κ3) is 3.22. The number of rotatable bonds is 4. The molecule has 0 spiro atoms. The summed E-state index contributed by atoms with van der Waals surface area (Å²) in [7, 11) is 0. The van der Waals surface area contributed by atoms with E-state index in [4.69, 9.17) is 4.42 Å². The lowest BCUT2D eigenvalue weighted by Gasteiger charge is -2.33. The highest BCUT2D eigenvalue weighted by atomic mass is 19.1. The fourth-order valence-corrected chi connectivity index (χ4v) is 3.45. The van der Waals surface area contributed by atoms with Crippen LogP contribution in [0.1, 0.15) is 20.9 Å². The molecule has 3 heterocycles.